The minimum absolute atomic E-state index is 0.0484. The van der Waals surface area contributed by atoms with Crippen LogP contribution in [0, 0.1) is 11.6 Å². The van der Waals surface area contributed by atoms with Crippen LogP contribution in [-0.2, 0) is 20.5 Å². The maximum Gasteiger partial charge on any atom is 0.469 e. The highest BCUT2D eigenvalue weighted by Crippen LogP contribution is 2.42. The number of hydrogen-bond donors (Lipinski definition) is 4. The summed E-state index contributed by atoms with van der Waals surface area (Å²) in [7, 11) is -4.92. The molecule has 1 unspecified atom stereocenters. The van der Waals surface area contributed by atoms with E-state index in [1.165, 1.54) is 36.4 Å². The molecule has 0 saturated heterocycles. The van der Waals surface area contributed by atoms with Gasteiger partial charge in [-0.1, -0.05) is 41.9 Å². The summed E-state index contributed by atoms with van der Waals surface area (Å²) in [4.78, 5) is 47.1. The summed E-state index contributed by atoms with van der Waals surface area (Å²) in [6.45, 7) is -0.647. The number of nitrogens with two attached hydrogens (primary N) is 2. The molecule has 4 aromatic rings. The summed E-state index contributed by atoms with van der Waals surface area (Å²) in [6.07, 6.45) is -1.16. The van der Waals surface area contributed by atoms with Crippen LogP contribution in [0.15, 0.2) is 60.7 Å². The predicted molar refractivity (Wildman–Crippen MR) is 137 cm³/mol. The average Bonchev–Trinajstić information content (AvgIpc) is 2.84. The SMILES string of the molecule is NC(=O)Oc1cccc2c(-c3cccc(Cl)c3COP(=O)(O)O)nc(C(C(N)=O)c3c(F)cccc3F)cc12. The van der Waals surface area contributed by atoms with Gasteiger partial charge in [-0.05, 0) is 30.3 Å². The van der Waals surface area contributed by atoms with E-state index in [0.29, 0.717) is 5.39 Å². The number of benzene rings is 3. The molecule has 0 spiro atoms. The summed E-state index contributed by atoms with van der Waals surface area (Å²) in [6, 6.07) is 13.2. The van der Waals surface area contributed by atoms with Crippen LogP contribution in [0.5, 0.6) is 5.75 Å². The lowest BCUT2D eigenvalue weighted by molar-refractivity contribution is -0.118. The van der Waals surface area contributed by atoms with E-state index >= 15 is 0 Å². The molecule has 0 bridgehead atoms. The van der Waals surface area contributed by atoms with Gasteiger partial charge in [0.1, 0.15) is 23.3 Å². The molecule has 0 fully saturated rings. The third kappa shape index (κ3) is 6.06. The number of phosphoric acid groups is 1. The monoisotopic (exact) mass is 577 g/mol. The quantitative estimate of drug-likeness (QED) is 0.221. The van der Waals surface area contributed by atoms with Crippen LogP contribution < -0.4 is 16.2 Å². The molecule has 0 saturated carbocycles. The average molecular weight is 578 g/mol. The topological polar surface area (TPSA) is 175 Å². The first-order valence-corrected chi connectivity index (χ1v) is 12.9. The summed E-state index contributed by atoms with van der Waals surface area (Å²) < 4.78 is 50.7. The Hall–Kier alpha value is -3.93. The van der Waals surface area contributed by atoms with Crippen LogP contribution in [0.2, 0.25) is 5.02 Å². The molecule has 10 nitrogen and oxygen atoms in total. The van der Waals surface area contributed by atoms with Gasteiger partial charge in [-0.25, -0.2) is 18.1 Å². The number of halogens is 3. The van der Waals surface area contributed by atoms with Crippen LogP contribution in [0.25, 0.3) is 22.0 Å². The molecule has 0 aliphatic carbocycles. The van der Waals surface area contributed by atoms with E-state index in [9.17, 15) is 32.7 Å². The minimum atomic E-state index is -4.92. The van der Waals surface area contributed by atoms with Gasteiger partial charge in [-0.3, -0.25) is 14.3 Å². The highest BCUT2D eigenvalue weighted by atomic mass is 35.5. The number of carbonyl (C=O) groups is 2. The van der Waals surface area contributed by atoms with Gasteiger partial charge in [0, 0.05) is 32.5 Å². The summed E-state index contributed by atoms with van der Waals surface area (Å²) >= 11 is 6.33. The molecular formula is C25H19ClF2N3O7P. The summed E-state index contributed by atoms with van der Waals surface area (Å²) in [5.74, 6) is -5.05. The van der Waals surface area contributed by atoms with E-state index in [1.807, 2.05) is 0 Å². The number of amides is 2. The molecule has 2 amide bonds. The highest BCUT2D eigenvalue weighted by molar-refractivity contribution is 7.46. The maximum atomic E-state index is 14.8. The van der Waals surface area contributed by atoms with E-state index in [4.69, 9.17) is 27.8 Å². The largest absolute Gasteiger partial charge is 0.469 e. The maximum absolute atomic E-state index is 14.8. The first-order valence-electron chi connectivity index (χ1n) is 11.0. The van der Waals surface area contributed by atoms with Crippen molar-refractivity contribution in [2.24, 2.45) is 11.5 Å². The zero-order chi connectivity index (χ0) is 28.5. The first-order chi connectivity index (χ1) is 18.4. The molecule has 14 heteroatoms. The number of ether oxygens (including phenoxy) is 1. The van der Waals surface area contributed by atoms with Gasteiger partial charge in [0.15, 0.2) is 0 Å². The van der Waals surface area contributed by atoms with E-state index in [0.717, 1.165) is 18.2 Å². The van der Waals surface area contributed by atoms with Crippen molar-refractivity contribution in [1.29, 1.82) is 0 Å². The third-order valence-corrected chi connectivity index (χ3v) is 6.50. The van der Waals surface area contributed by atoms with Crippen LogP contribution >= 0.6 is 19.4 Å². The molecule has 0 aliphatic heterocycles. The van der Waals surface area contributed by atoms with E-state index in [-0.39, 0.29) is 38.7 Å². The van der Waals surface area contributed by atoms with E-state index in [2.05, 4.69) is 9.51 Å². The van der Waals surface area contributed by atoms with Gasteiger partial charge in [0.25, 0.3) is 0 Å². The van der Waals surface area contributed by atoms with E-state index < -0.39 is 49.5 Å². The normalized spacial score (nSPS) is 12.3. The molecule has 4 rings (SSSR count). The lowest BCUT2D eigenvalue weighted by atomic mass is 9.90. The molecule has 3 aromatic carbocycles. The van der Waals surface area contributed by atoms with Crippen molar-refractivity contribution in [2.75, 3.05) is 0 Å². The number of aromatic nitrogens is 1. The van der Waals surface area contributed by atoms with Crippen molar-refractivity contribution in [1.82, 2.24) is 4.98 Å². The Morgan fingerprint density at radius 2 is 1.64 bits per heavy atom. The number of rotatable bonds is 8. The molecule has 1 atom stereocenters. The number of carbonyl (C=O) groups excluding carboxylic acids is 2. The van der Waals surface area contributed by atoms with Crippen molar-refractivity contribution in [2.45, 2.75) is 12.5 Å². The van der Waals surface area contributed by atoms with E-state index in [1.54, 1.807) is 6.07 Å². The molecule has 6 N–H and O–H groups in total. The predicted octanol–water partition coefficient (Wildman–Crippen LogP) is 4.52. The molecule has 0 radical (unpaired) electrons. The zero-order valence-corrected chi connectivity index (χ0v) is 21.3. The molecule has 202 valence electrons. The zero-order valence-electron chi connectivity index (χ0n) is 19.7. The number of phosphoric ester groups is 1. The lowest BCUT2D eigenvalue weighted by Gasteiger charge is -2.20. The number of primary amides is 2. The molecular weight excluding hydrogens is 559 g/mol. The van der Waals surface area contributed by atoms with Crippen LogP contribution in [0.1, 0.15) is 22.7 Å². The van der Waals surface area contributed by atoms with Crippen molar-refractivity contribution in [3.63, 3.8) is 0 Å². The second-order valence-electron chi connectivity index (χ2n) is 8.17. The Morgan fingerprint density at radius 3 is 2.26 bits per heavy atom. The fourth-order valence-electron chi connectivity index (χ4n) is 4.12. The smallest absolute Gasteiger partial charge is 0.410 e. The first kappa shape index (κ1) is 28.1. The van der Waals surface area contributed by atoms with Gasteiger partial charge in [0.2, 0.25) is 5.91 Å². The standard InChI is InChI=1S/C25H19ClF2N3O7P/c26-16-6-1-4-13(15(16)11-37-39(34,35)36)23-12-5-2-9-20(38-25(30)33)14(12)10-19(31-23)22(24(29)32)21-17(27)7-3-8-18(21)28/h1-10,22H,11H2,(H2,29,32)(H2,30,33)(H2,34,35,36). The highest BCUT2D eigenvalue weighted by Gasteiger charge is 2.30. The number of nitrogens with zero attached hydrogens (tertiary/aromatic N) is 1. The Morgan fingerprint density at radius 1 is 1.00 bits per heavy atom. The Bertz CT molecular complexity index is 1640. The fourth-order valence-corrected chi connectivity index (χ4v) is 4.64. The number of pyridine rings is 1. The van der Waals surface area contributed by atoms with Crippen molar-refractivity contribution >= 4 is 42.2 Å². The van der Waals surface area contributed by atoms with Gasteiger partial charge < -0.3 is 26.0 Å². The minimum Gasteiger partial charge on any atom is -0.410 e. The van der Waals surface area contributed by atoms with Crippen LogP contribution in [-0.4, -0.2) is 26.8 Å². The second kappa shape index (κ2) is 11.0. The molecule has 1 heterocycles. The molecule has 39 heavy (non-hydrogen) atoms. The summed E-state index contributed by atoms with van der Waals surface area (Å²) in [5, 5.41) is 0.507. The van der Waals surface area contributed by atoms with Crippen molar-refractivity contribution in [3.8, 4) is 17.0 Å². The molecule has 0 aliphatic rings. The van der Waals surface area contributed by atoms with Gasteiger partial charge >= 0.3 is 13.9 Å². The Kier molecular flexibility index (Phi) is 7.96. The lowest BCUT2D eigenvalue weighted by Crippen LogP contribution is -2.25. The Labute approximate surface area is 224 Å². The van der Waals surface area contributed by atoms with Crippen molar-refractivity contribution in [3.05, 3.63) is 94.1 Å². The Balaban J connectivity index is 2.08. The third-order valence-electron chi connectivity index (χ3n) is 5.68. The number of hydrogen-bond acceptors (Lipinski definition) is 6. The molecule has 1 aromatic heterocycles. The fraction of sp³-hybridized carbons (Fsp3) is 0.0800. The van der Waals surface area contributed by atoms with Gasteiger partial charge in [-0.15, -0.1) is 0 Å². The number of fused-ring (bicyclic) bond motifs is 1. The second-order valence-corrected chi connectivity index (χ2v) is 9.82. The van der Waals surface area contributed by atoms with Crippen LogP contribution in [0.3, 0.4) is 0 Å². The summed E-state index contributed by atoms with van der Waals surface area (Å²) in [5.41, 5.74) is 10.3. The van der Waals surface area contributed by atoms with Crippen LogP contribution in [0.4, 0.5) is 13.6 Å². The van der Waals surface area contributed by atoms with Crippen molar-refractivity contribution < 1.29 is 42.0 Å². The van der Waals surface area contributed by atoms with Gasteiger partial charge in [-0.2, -0.15) is 0 Å². The van der Waals surface area contributed by atoms with Gasteiger partial charge in [0.05, 0.1) is 18.0 Å².